The number of ether oxygens (including phenoxy) is 4. The number of hydrogen-bond donors (Lipinski definition) is 1. The molecular weight excluding hydrogens is 386 g/mol. The molecule has 0 saturated carbocycles. The SMILES string of the molecule is COc1cc(OC)c2c(=O)[nH]c(-c3ccc(OC)c(CN4CCOCC4)c3)nc2c1. The maximum atomic E-state index is 12.8. The number of aromatic amines is 1. The lowest BCUT2D eigenvalue weighted by molar-refractivity contribution is 0.0339. The van der Waals surface area contributed by atoms with Gasteiger partial charge in [-0.2, -0.15) is 0 Å². The molecule has 0 aliphatic carbocycles. The average molecular weight is 411 g/mol. The highest BCUT2D eigenvalue weighted by atomic mass is 16.5. The molecule has 0 atom stereocenters. The minimum Gasteiger partial charge on any atom is -0.497 e. The Morgan fingerprint density at radius 1 is 1.03 bits per heavy atom. The van der Waals surface area contributed by atoms with E-state index < -0.39 is 0 Å². The zero-order chi connectivity index (χ0) is 21.1. The van der Waals surface area contributed by atoms with Crippen LogP contribution in [0.3, 0.4) is 0 Å². The fourth-order valence-electron chi connectivity index (χ4n) is 3.68. The van der Waals surface area contributed by atoms with Gasteiger partial charge in [0.25, 0.3) is 5.56 Å². The van der Waals surface area contributed by atoms with Gasteiger partial charge in [0.15, 0.2) is 0 Å². The summed E-state index contributed by atoms with van der Waals surface area (Å²) < 4.78 is 21.7. The number of nitrogens with zero attached hydrogens (tertiary/aromatic N) is 2. The van der Waals surface area contributed by atoms with Gasteiger partial charge < -0.3 is 23.9 Å². The maximum Gasteiger partial charge on any atom is 0.262 e. The van der Waals surface area contributed by atoms with E-state index in [9.17, 15) is 4.79 Å². The predicted molar refractivity (Wildman–Crippen MR) is 114 cm³/mol. The first kappa shape index (κ1) is 20.2. The summed E-state index contributed by atoms with van der Waals surface area (Å²) >= 11 is 0. The molecule has 1 saturated heterocycles. The summed E-state index contributed by atoms with van der Waals surface area (Å²) in [4.78, 5) is 22.7. The highest BCUT2D eigenvalue weighted by Crippen LogP contribution is 2.30. The maximum absolute atomic E-state index is 12.8. The van der Waals surface area contributed by atoms with Gasteiger partial charge in [-0.3, -0.25) is 9.69 Å². The van der Waals surface area contributed by atoms with Crippen molar-refractivity contribution in [2.45, 2.75) is 6.54 Å². The van der Waals surface area contributed by atoms with Crippen LogP contribution < -0.4 is 19.8 Å². The van der Waals surface area contributed by atoms with Crippen LogP contribution in [0.25, 0.3) is 22.3 Å². The number of aromatic nitrogens is 2. The Bertz CT molecular complexity index is 1110. The van der Waals surface area contributed by atoms with Crippen LogP contribution in [-0.4, -0.2) is 62.5 Å². The van der Waals surface area contributed by atoms with Crippen molar-refractivity contribution in [3.8, 4) is 28.6 Å². The van der Waals surface area contributed by atoms with E-state index in [1.165, 1.54) is 7.11 Å². The van der Waals surface area contributed by atoms with Crippen molar-refractivity contribution in [3.05, 3.63) is 46.2 Å². The first-order valence-corrected chi connectivity index (χ1v) is 9.76. The number of fused-ring (bicyclic) bond motifs is 1. The smallest absolute Gasteiger partial charge is 0.262 e. The Hall–Kier alpha value is -3.10. The molecule has 0 bridgehead atoms. The monoisotopic (exact) mass is 411 g/mol. The molecule has 4 rings (SSSR count). The second-order valence-corrected chi connectivity index (χ2v) is 7.05. The van der Waals surface area contributed by atoms with Gasteiger partial charge in [0.1, 0.15) is 28.5 Å². The van der Waals surface area contributed by atoms with Crippen molar-refractivity contribution >= 4 is 10.9 Å². The molecule has 1 N–H and O–H groups in total. The highest BCUT2D eigenvalue weighted by molar-refractivity contribution is 5.87. The zero-order valence-corrected chi connectivity index (χ0v) is 17.4. The van der Waals surface area contributed by atoms with Crippen molar-refractivity contribution in [3.63, 3.8) is 0 Å². The number of hydrogen-bond acceptors (Lipinski definition) is 7. The summed E-state index contributed by atoms with van der Waals surface area (Å²) in [6, 6.07) is 9.21. The minimum absolute atomic E-state index is 0.264. The molecule has 2 aromatic carbocycles. The number of morpholine rings is 1. The lowest BCUT2D eigenvalue weighted by Gasteiger charge is -2.27. The Kier molecular flexibility index (Phi) is 5.87. The molecule has 1 aliphatic rings. The fraction of sp³-hybridized carbons (Fsp3) is 0.364. The van der Waals surface area contributed by atoms with E-state index in [-0.39, 0.29) is 5.56 Å². The van der Waals surface area contributed by atoms with E-state index in [0.29, 0.717) is 28.2 Å². The van der Waals surface area contributed by atoms with E-state index in [2.05, 4.69) is 14.9 Å². The average Bonchev–Trinajstić information content (AvgIpc) is 2.78. The Morgan fingerprint density at radius 3 is 2.50 bits per heavy atom. The van der Waals surface area contributed by atoms with Crippen molar-refractivity contribution < 1.29 is 18.9 Å². The molecule has 8 nitrogen and oxygen atoms in total. The molecule has 3 aromatic rings. The lowest BCUT2D eigenvalue weighted by Crippen LogP contribution is -2.35. The van der Waals surface area contributed by atoms with Crippen LogP contribution >= 0.6 is 0 Å². The van der Waals surface area contributed by atoms with E-state index in [1.54, 1.807) is 26.4 Å². The number of rotatable bonds is 6. The van der Waals surface area contributed by atoms with E-state index in [1.807, 2.05) is 18.2 Å². The molecule has 0 unspecified atom stereocenters. The van der Waals surface area contributed by atoms with Crippen LogP contribution in [0.4, 0.5) is 0 Å². The van der Waals surface area contributed by atoms with Gasteiger partial charge in [-0.1, -0.05) is 0 Å². The van der Waals surface area contributed by atoms with Gasteiger partial charge in [-0.05, 0) is 18.2 Å². The zero-order valence-electron chi connectivity index (χ0n) is 17.4. The normalized spacial score (nSPS) is 14.6. The Labute approximate surface area is 174 Å². The lowest BCUT2D eigenvalue weighted by atomic mass is 10.1. The van der Waals surface area contributed by atoms with Gasteiger partial charge in [-0.25, -0.2) is 4.98 Å². The number of methoxy groups -OCH3 is 3. The number of H-pyrrole nitrogens is 1. The molecule has 0 radical (unpaired) electrons. The second kappa shape index (κ2) is 8.73. The summed E-state index contributed by atoms with van der Waals surface area (Å²) in [5, 5.41) is 0.393. The molecule has 1 fully saturated rings. The third-order valence-corrected chi connectivity index (χ3v) is 5.25. The molecule has 30 heavy (non-hydrogen) atoms. The predicted octanol–water partition coefficient (Wildman–Crippen LogP) is 2.45. The van der Waals surface area contributed by atoms with Crippen molar-refractivity contribution in [1.29, 1.82) is 0 Å². The number of benzene rings is 2. The van der Waals surface area contributed by atoms with E-state index in [4.69, 9.17) is 18.9 Å². The largest absolute Gasteiger partial charge is 0.497 e. The molecule has 1 aliphatic heterocycles. The minimum atomic E-state index is -0.264. The standard InChI is InChI=1S/C22H25N3O5/c1-27-16-11-17-20(19(12-16)29-3)22(26)24-21(23-17)14-4-5-18(28-2)15(10-14)13-25-6-8-30-9-7-25/h4-5,10-12H,6-9,13H2,1-3H3,(H,23,24,26). The van der Waals surface area contributed by atoms with E-state index in [0.717, 1.165) is 49.7 Å². The molecular formula is C22H25N3O5. The van der Waals surface area contributed by atoms with Crippen molar-refractivity contribution in [2.75, 3.05) is 47.6 Å². The van der Waals surface area contributed by atoms with Gasteiger partial charge in [-0.15, -0.1) is 0 Å². The van der Waals surface area contributed by atoms with Gasteiger partial charge in [0.05, 0.1) is 40.1 Å². The highest BCUT2D eigenvalue weighted by Gasteiger charge is 2.16. The van der Waals surface area contributed by atoms with E-state index >= 15 is 0 Å². The Balaban J connectivity index is 1.77. The molecule has 8 heteroatoms. The summed E-state index contributed by atoms with van der Waals surface area (Å²) in [6.45, 7) is 3.94. The van der Waals surface area contributed by atoms with Crippen LogP contribution in [-0.2, 0) is 11.3 Å². The van der Waals surface area contributed by atoms with Crippen molar-refractivity contribution in [1.82, 2.24) is 14.9 Å². The van der Waals surface area contributed by atoms with Crippen LogP contribution in [0.1, 0.15) is 5.56 Å². The second-order valence-electron chi connectivity index (χ2n) is 7.05. The van der Waals surface area contributed by atoms with Crippen LogP contribution in [0, 0.1) is 0 Å². The fourth-order valence-corrected chi connectivity index (χ4v) is 3.68. The quantitative estimate of drug-likeness (QED) is 0.667. The van der Waals surface area contributed by atoms with Gasteiger partial charge in [0.2, 0.25) is 0 Å². The summed E-state index contributed by atoms with van der Waals surface area (Å²) in [7, 11) is 4.74. The first-order chi connectivity index (χ1) is 14.6. The van der Waals surface area contributed by atoms with Crippen LogP contribution in [0.2, 0.25) is 0 Å². The summed E-state index contributed by atoms with van der Waals surface area (Å²) in [5.74, 6) is 2.28. The van der Waals surface area contributed by atoms with Gasteiger partial charge >= 0.3 is 0 Å². The summed E-state index contributed by atoms with van der Waals surface area (Å²) in [6.07, 6.45) is 0. The third-order valence-electron chi connectivity index (χ3n) is 5.25. The number of nitrogens with one attached hydrogen (secondary N) is 1. The Morgan fingerprint density at radius 2 is 1.80 bits per heavy atom. The molecule has 1 aromatic heterocycles. The summed E-state index contributed by atoms with van der Waals surface area (Å²) in [5.41, 5.74) is 2.08. The molecule has 158 valence electrons. The first-order valence-electron chi connectivity index (χ1n) is 9.76. The molecule has 0 spiro atoms. The topological polar surface area (TPSA) is 85.9 Å². The molecule has 0 amide bonds. The third kappa shape index (κ3) is 3.96. The van der Waals surface area contributed by atoms with Gasteiger partial charge in [0, 0.05) is 42.9 Å². The van der Waals surface area contributed by atoms with Crippen molar-refractivity contribution in [2.24, 2.45) is 0 Å². The molecule has 2 heterocycles. The van der Waals surface area contributed by atoms with Crippen LogP contribution in [0.5, 0.6) is 17.2 Å². The van der Waals surface area contributed by atoms with Crippen LogP contribution in [0.15, 0.2) is 35.1 Å².